The number of hydrogen-bond donors (Lipinski definition) is 3. The van der Waals surface area contributed by atoms with Crippen LogP contribution in [-0.4, -0.2) is 61.8 Å². The van der Waals surface area contributed by atoms with E-state index in [2.05, 4.69) is 24.9 Å². The van der Waals surface area contributed by atoms with Gasteiger partial charge in [-0.2, -0.15) is 0 Å². The summed E-state index contributed by atoms with van der Waals surface area (Å²) in [5, 5.41) is 3.23. The predicted octanol–water partition coefficient (Wildman–Crippen LogP) is -0.943. The molecule has 0 aliphatic carbocycles. The molecule has 1 fully saturated rings. The van der Waals surface area contributed by atoms with Gasteiger partial charge < -0.3 is 10.3 Å². The minimum Gasteiger partial charge on any atom is -0.330 e. The summed E-state index contributed by atoms with van der Waals surface area (Å²) in [5.41, 5.74) is 0. The first-order chi connectivity index (χ1) is 8.16. The van der Waals surface area contributed by atoms with E-state index in [4.69, 9.17) is 0 Å². The molecule has 3 N–H and O–H groups in total. The summed E-state index contributed by atoms with van der Waals surface area (Å²) < 4.78 is 25.9. The zero-order valence-electron chi connectivity index (χ0n) is 9.52. The van der Waals surface area contributed by atoms with Gasteiger partial charge in [-0.15, -0.1) is 0 Å². The molecule has 2 rings (SSSR count). The van der Waals surface area contributed by atoms with Crippen LogP contribution in [0, 0.1) is 0 Å². The molecule has 1 saturated heterocycles. The van der Waals surface area contributed by atoms with Crippen LogP contribution in [0.1, 0.15) is 0 Å². The third kappa shape index (κ3) is 3.99. The molecule has 17 heavy (non-hydrogen) atoms. The van der Waals surface area contributed by atoms with E-state index < -0.39 is 10.0 Å². The van der Waals surface area contributed by atoms with E-state index in [1.54, 1.807) is 6.20 Å². The summed E-state index contributed by atoms with van der Waals surface area (Å²) in [6, 6.07) is 0. The third-order valence-corrected chi connectivity index (χ3v) is 3.86. The molecule has 0 saturated carbocycles. The highest BCUT2D eigenvalue weighted by atomic mass is 32.2. The largest absolute Gasteiger partial charge is 0.330 e. The van der Waals surface area contributed by atoms with Crippen molar-refractivity contribution in [1.82, 2.24) is 20.2 Å². The number of sulfonamides is 1. The molecule has 0 unspecified atom stereocenters. The van der Waals surface area contributed by atoms with Crippen molar-refractivity contribution in [3.05, 3.63) is 12.4 Å². The molecule has 1 aliphatic rings. The number of anilines is 1. The lowest BCUT2D eigenvalue weighted by molar-refractivity contribution is 0.254. The molecule has 1 aromatic heterocycles. The summed E-state index contributed by atoms with van der Waals surface area (Å²) >= 11 is 0. The Hall–Kier alpha value is -1.12. The molecule has 0 atom stereocenters. The highest BCUT2D eigenvalue weighted by molar-refractivity contribution is 7.92. The average Bonchev–Trinajstić information content (AvgIpc) is 2.80. The van der Waals surface area contributed by atoms with Gasteiger partial charge in [-0.1, -0.05) is 0 Å². The Morgan fingerprint density at radius 3 is 2.82 bits per heavy atom. The summed E-state index contributed by atoms with van der Waals surface area (Å²) in [6.45, 7) is 4.20. The van der Waals surface area contributed by atoms with E-state index in [1.807, 2.05) is 0 Å². The highest BCUT2D eigenvalue weighted by Crippen LogP contribution is 2.01. The molecule has 2 heterocycles. The SMILES string of the molecule is O=S(=O)(CCN1CCNCC1)Nc1ncc[nH]1. The van der Waals surface area contributed by atoms with E-state index in [0.717, 1.165) is 26.2 Å². The van der Waals surface area contributed by atoms with Crippen LogP contribution in [0.4, 0.5) is 5.95 Å². The van der Waals surface area contributed by atoms with Crippen molar-refractivity contribution in [1.29, 1.82) is 0 Å². The van der Waals surface area contributed by atoms with Gasteiger partial charge >= 0.3 is 0 Å². The Bertz CT molecular complexity index is 424. The number of nitrogens with one attached hydrogen (secondary N) is 3. The van der Waals surface area contributed by atoms with Crippen LogP contribution in [0.25, 0.3) is 0 Å². The topological polar surface area (TPSA) is 90.1 Å². The number of aromatic nitrogens is 2. The Morgan fingerprint density at radius 2 is 2.18 bits per heavy atom. The number of imidazole rings is 1. The van der Waals surface area contributed by atoms with E-state index >= 15 is 0 Å². The zero-order chi connectivity index (χ0) is 12.1. The maximum atomic E-state index is 11.7. The monoisotopic (exact) mass is 259 g/mol. The van der Waals surface area contributed by atoms with Crippen molar-refractivity contribution < 1.29 is 8.42 Å². The molecule has 0 amide bonds. The Morgan fingerprint density at radius 1 is 1.41 bits per heavy atom. The van der Waals surface area contributed by atoms with Crippen LogP contribution in [0.3, 0.4) is 0 Å². The highest BCUT2D eigenvalue weighted by Gasteiger charge is 2.15. The number of H-pyrrole nitrogens is 1. The fraction of sp³-hybridized carbons (Fsp3) is 0.667. The molecule has 96 valence electrons. The minimum atomic E-state index is -3.31. The fourth-order valence-electron chi connectivity index (χ4n) is 1.70. The van der Waals surface area contributed by atoms with Gasteiger partial charge in [0.1, 0.15) is 0 Å². The van der Waals surface area contributed by atoms with E-state index in [-0.39, 0.29) is 11.7 Å². The van der Waals surface area contributed by atoms with E-state index in [0.29, 0.717) is 6.54 Å². The molecule has 0 bridgehead atoms. The van der Waals surface area contributed by atoms with Crippen LogP contribution in [0.5, 0.6) is 0 Å². The molecule has 1 aromatic rings. The maximum absolute atomic E-state index is 11.7. The second kappa shape index (κ2) is 5.48. The van der Waals surface area contributed by atoms with Crippen molar-refractivity contribution >= 4 is 16.0 Å². The molecular weight excluding hydrogens is 242 g/mol. The lowest BCUT2D eigenvalue weighted by Crippen LogP contribution is -2.45. The average molecular weight is 259 g/mol. The standard InChI is InChI=1S/C9H17N5O2S/c15-17(16,13-9-11-1-2-12-9)8-7-14-5-3-10-4-6-14/h1-2,10H,3-8H2,(H2,11,12,13). The first kappa shape index (κ1) is 12.3. The van der Waals surface area contributed by atoms with Crippen molar-refractivity contribution in [2.24, 2.45) is 0 Å². The number of piperazine rings is 1. The van der Waals surface area contributed by atoms with Gasteiger partial charge in [-0.25, -0.2) is 13.4 Å². The fourth-order valence-corrected chi connectivity index (χ4v) is 2.71. The lowest BCUT2D eigenvalue weighted by atomic mass is 10.4. The van der Waals surface area contributed by atoms with Crippen LogP contribution in [0.2, 0.25) is 0 Å². The molecule has 7 nitrogen and oxygen atoms in total. The first-order valence-electron chi connectivity index (χ1n) is 5.59. The van der Waals surface area contributed by atoms with Crippen LogP contribution < -0.4 is 10.0 Å². The van der Waals surface area contributed by atoms with E-state index in [1.165, 1.54) is 6.20 Å². The van der Waals surface area contributed by atoms with Crippen molar-refractivity contribution in [3.8, 4) is 0 Å². The molecular formula is C9H17N5O2S. The summed E-state index contributed by atoms with van der Waals surface area (Å²) in [4.78, 5) is 8.67. The summed E-state index contributed by atoms with van der Waals surface area (Å²) in [5.74, 6) is 0.360. The van der Waals surface area contributed by atoms with Crippen molar-refractivity contribution in [3.63, 3.8) is 0 Å². The molecule has 0 aromatic carbocycles. The van der Waals surface area contributed by atoms with Gasteiger partial charge in [0.05, 0.1) is 5.75 Å². The normalized spacial score (nSPS) is 18.1. The first-order valence-corrected chi connectivity index (χ1v) is 7.24. The van der Waals surface area contributed by atoms with Crippen molar-refractivity contribution in [2.45, 2.75) is 0 Å². The predicted molar refractivity (Wildman–Crippen MR) is 65.3 cm³/mol. The van der Waals surface area contributed by atoms with Gasteiger partial charge in [0, 0.05) is 45.1 Å². The van der Waals surface area contributed by atoms with Crippen LogP contribution in [-0.2, 0) is 10.0 Å². The van der Waals surface area contributed by atoms with Gasteiger partial charge in [0.2, 0.25) is 16.0 Å². The second-order valence-electron chi connectivity index (χ2n) is 3.95. The Balaban J connectivity index is 1.80. The lowest BCUT2D eigenvalue weighted by Gasteiger charge is -2.26. The molecule has 0 spiro atoms. The summed E-state index contributed by atoms with van der Waals surface area (Å²) in [7, 11) is -3.31. The van der Waals surface area contributed by atoms with Gasteiger partial charge in [0.15, 0.2) is 0 Å². The van der Waals surface area contributed by atoms with Gasteiger partial charge in [-0.05, 0) is 0 Å². The van der Waals surface area contributed by atoms with E-state index in [9.17, 15) is 8.42 Å². The molecule has 0 radical (unpaired) electrons. The number of hydrogen-bond acceptors (Lipinski definition) is 5. The number of aromatic amines is 1. The zero-order valence-corrected chi connectivity index (χ0v) is 10.3. The number of rotatable bonds is 5. The van der Waals surface area contributed by atoms with Gasteiger partial charge in [0.25, 0.3) is 0 Å². The minimum absolute atomic E-state index is 0.0910. The Labute approximate surface area is 101 Å². The van der Waals surface area contributed by atoms with Crippen molar-refractivity contribution in [2.75, 3.05) is 43.2 Å². The smallest absolute Gasteiger partial charge is 0.236 e. The van der Waals surface area contributed by atoms with Crippen LogP contribution >= 0.6 is 0 Å². The quantitative estimate of drug-likeness (QED) is 0.635. The third-order valence-electron chi connectivity index (χ3n) is 2.64. The second-order valence-corrected chi connectivity index (χ2v) is 5.79. The van der Waals surface area contributed by atoms with Gasteiger partial charge in [-0.3, -0.25) is 9.62 Å². The molecule has 1 aliphatic heterocycles. The maximum Gasteiger partial charge on any atom is 0.236 e. The van der Waals surface area contributed by atoms with Crippen LogP contribution in [0.15, 0.2) is 12.4 Å². The summed E-state index contributed by atoms with van der Waals surface area (Å²) in [6.07, 6.45) is 3.09. The number of nitrogens with zero attached hydrogens (tertiary/aromatic N) is 2. The Kier molecular flexibility index (Phi) is 3.97. The molecule has 8 heteroatoms.